The maximum atomic E-state index is 9.28. The van der Waals surface area contributed by atoms with Crippen molar-refractivity contribution >= 4 is 26.8 Å². The third kappa shape index (κ3) is 2.82. The minimum absolute atomic E-state index is 0.0647. The fraction of sp³-hybridized carbons (Fsp3) is 0.176. The van der Waals surface area contributed by atoms with E-state index in [1.807, 2.05) is 24.3 Å². The number of halogens is 1. The molecular formula is C17H16BrNO2. The number of benzene rings is 2. The smallest absolute Gasteiger partial charge is 0.133 e. The van der Waals surface area contributed by atoms with Crippen molar-refractivity contribution in [2.45, 2.75) is 13.2 Å². The molecule has 3 aromatic rings. The van der Waals surface area contributed by atoms with E-state index >= 15 is 0 Å². The van der Waals surface area contributed by atoms with E-state index in [1.54, 1.807) is 7.11 Å². The Morgan fingerprint density at radius 1 is 1.10 bits per heavy atom. The van der Waals surface area contributed by atoms with Gasteiger partial charge in [-0.05, 0) is 56.7 Å². The Balaban J connectivity index is 1.96. The lowest BCUT2D eigenvalue weighted by Gasteiger charge is -2.09. The molecule has 0 unspecified atom stereocenters. The molecule has 0 saturated heterocycles. The minimum atomic E-state index is 0.0647. The summed E-state index contributed by atoms with van der Waals surface area (Å²) in [6, 6.07) is 14.2. The normalized spacial score (nSPS) is 11.0. The van der Waals surface area contributed by atoms with Crippen LogP contribution in [-0.4, -0.2) is 16.8 Å². The molecule has 0 radical (unpaired) electrons. The number of ether oxygens (including phenoxy) is 1. The standard InChI is InChI=1S/C17H16BrNO2/c1-21-17-5-3-12(8-15(17)18)10-19-7-6-14-4-2-13(11-20)9-16(14)19/h2-9,20H,10-11H2,1H3. The first-order valence-corrected chi connectivity index (χ1v) is 7.51. The zero-order chi connectivity index (χ0) is 14.8. The van der Waals surface area contributed by atoms with Crippen molar-refractivity contribution in [2.75, 3.05) is 7.11 Å². The number of fused-ring (bicyclic) bond motifs is 1. The second-order valence-corrected chi connectivity index (χ2v) is 5.82. The number of nitrogens with zero attached hydrogens (tertiary/aromatic N) is 1. The van der Waals surface area contributed by atoms with Crippen LogP contribution in [0.25, 0.3) is 10.9 Å². The average molecular weight is 346 g/mol. The second kappa shape index (κ2) is 5.92. The maximum absolute atomic E-state index is 9.28. The highest BCUT2D eigenvalue weighted by Crippen LogP contribution is 2.26. The maximum Gasteiger partial charge on any atom is 0.133 e. The number of methoxy groups -OCH3 is 1. The highest BCUT2D eigenvalue weighted by atomic mass is 79.9. The van der Waals surface area contributed by atoms with Gasteiger partial charge in [-0.25, -0.2) is 0 Å². The SMILES string of the molecule is COc1ccc(Cn2ccc3ccc(CO)cc32)cc1Br. The van der Waals surface area contributed by atoms with Crippen LogP contribution in [0.5, 0.6) is 5.75 Å². The molecule has 2 aromatic carbocycles. The van der Waals surface area contributed by atoms with E-state index in [0.29, 0.717) is 0 Å². The van der Waals surface area contributed by atoms with E-state index in [4.69, 9.17) is 4.74 Å². The molecule has 0 bridgehead atoms. The Labute approximate surface area is 131 Å². The van der Waals surface area contributed by atoms with Gasteiger partial charge in [-0.3, -0.25) is 0 Å². The van der Waals surface area contributed by atoms with Gasteiger partial charge in [0.05, 0.1) is 18.2 Å². The first-order valence-electron chi connectivity index (χ1n) is 6.72. The minimum Gasteiger partial charge on any atom is -0.496 e. The average Bonchev–Trinajstić information content (AvgIpc) is 2.90. The second-order valence-electron chi connectivity index (χ2n) is 4.96. The molecule has 0 fully saturated rings. The van der Waals surface area contributed by atoms with E-state index in [9.17, 15) is 5.11 Å². The molecule has 0 spiro atoms. The largest absolute Gasteiger partial charge is 0.496 e. The summed E-state index contributed by atoms with van der Waals surface area (Å²) < 4.78 is 8.39. The van der Waals surface area contributed by atoms with Crippen LogP contribution in [0.4, 0.5) is 0 Å². The lowest BCUT2D eigenvalue weighted by atomic mass is 10.1. The van der Waals surface area contributed by atoms with E-state index in [2.05, 4.69) is 44.9 Å². The molecule has 0 amide bonds. The van der Waals surface area contributed by atoms with Crippen LogP contribution in [0.3, 0.4) is 0 Å². The van der Waals surface area contributed by atoms with Crippen LogP contribution in [-0.2, 0) is 13.2 Å². The molecule has 21 heavy (non-hydrogen) atoms. The van der Waals surface area contributed by atoms with E-state index in [-0.39, 0.29) is 6.61 Å². The van der Waals surface area contributed by atoms with Gasteiger partial charge >= 0.3 is 0 Å². The van der Waals surface area contributed by atoms with Crippen LogP contribution in [0.2, 0.25) is 0 Å². The lowest BCUT2D eigenvalue weighted by molar-refractivity contribution is 0.282. The summed E-state index contributed by atoms with van der Waals surface area (Å²) in [5.74, 6) is 0.832. The van der Waals surface area contributed by atoms with Crippen molar-refractivity contribution in [3.63, 3.8) is 0 Å². The number of hydrogen-bond acceptors (Lipinski definition) is 2. The van der Waals surface area contributed by atoms with Gasteiger partial charge in [0.2, 0.25) is 0 Å². The van der Waals surface area contributed by atoms with Gasteiger partial charge in [-0.15, -0.1) is 0 Å². The molecule has 108 valence electrons. The summed E-state index contributed by atoms with van der Waals surface area (Å²) in [7, 11) is 1.66. The number of rotatable bonds is 4. The van der Waals surface area contributed by atoms with Gasteiger partial charge in [0.1, 0.15) is 5.75 Å². The Morgan fingerprint density at radius 2 is 1.90 bits per heavy atom. The third-order valence-corrected chi connectivity index (χ3v) is 4.21. The first-order chi connectivity index (χ1) is 10.2. The number of aromatic nitrogens is 1. The van der Waals surface area contributed by atoms with Crippen LogP contribution in [0.15, 0.2) is 53.1 Å². The van der Waals surface area contributed by atoms with Crippen molar-refractivity contribution < 1.29 is 9.84 Å². The molecule has 0 aliphatic heterocycles. The van der Waals surface area contributed by atoms with Gasteiger partial charge in [-0.2, -0.15) is 0 Å². The number of aliphatic hydroxyl groups is 1. The van der Waals surface area contributed by atoms with E-state index in [1.165, 1.54) is 10.9 Å². The van der Waals surface area contributed by atoms with E-state index < -0.39 is 0 Å². The molecule has 0 atom stereocenters. The quantitative estimate of drug-likeness (QED) is 0.776. The zero-order valence-corrected chi connectivity index (χ0v) is 13.3. The van der Waals surface area contributed by atoms with Crippen LogP contribution in [0.1, 0.15) is 11.1 Å². The summed E-state index contributed by atoms with van der Waals surface area (Å²) in [5, 5.41) is 10.5. The molecule has 1 aromatic heterocycles. The molecular weight excluding hydrogens is 330 g/mol. The molecule has 0 aliphatic carbocycles. The van der Waals surface area contributed by atoms with Crippen LogP contribution < -0.4 is 4.74 Å². The summed E-state index contributed by atoms with van der Waals surface area (Å²) in [4.78, 5) is 0. The van der Waals surface area contributed by atoms with Crippen molar-refractivity contribution in [3.05, 3.63) is 64.3 Å². The van der Waals surface area contributed by atoms with Crippen molar-refractivity contribution in [1.29, 1.82) is 0 Å². The molecule has 1 heterocycles. The lowest BCUT2D eigenvalue weighted by Crippen LogP contribution is -1.99. The predicted octanol–water partition coefficient (Wildman–Crippen LogP) is 3.95. The summed E-state index contributed by atoms with van der Waals surface area (Å²) >= 11 is 3.52. The topological polar surface area (TPSA) is 34.4 Å². The summed E-state index contributed by atoms with van der Waals surface area (Å²) in [6.07, 6.45) is 2.07. The van der Waals surface area contributed by atoms with Crippen LogP contribution >= 0.6 is 15.9 Å². The zero-order valence-electron chi connectivity index (χ0n) is 11.7. The molecule has 0 aliphatic rings. The third-order valence-electron chi connectivity index (χ3n) is 3.59. The number of aliphatic hydroxyl groups excluding tert-OH is 1. The summed E-state index contributed by atoms with van der Waals surface area (Å²) in [5.41, 5.74) is 3.25. The molecule has 1 N–H and O–H groups in total. The Morgan fingerprint density at radius 3 is 2.62 bits per heavy atom. The monoisotopic (exact) mass is 345 g/mol. The van der Waals surface area contributed by atoms with Crippen LogP contribution in [0, 0.1) is 0 Å². The van der Waals surface area contributed by atoms with Gasteiger partial charge in [0.15, 0.2) is 0 Å². The predicted molar refractivity (Wildman–Crippen MR) is 87.7 cm³/mol. The first kappa shape index (κ1) is 14.2. The fourth-order valence-electron chi connectivity index (χ4n) is 2.47. The summed E-state index contributed by atoms with van der Waals surface area (Å²) in [6.45, 7) is 0.843. The molecule has 0 saturated carbocycles. The Kier molecular flexibility index (Phi) is 3.99. The Hall–Kier alpha value is -1.78. The highest BCUT2D eigenvalue weighted by Gasteiger charge is 2.05. The Bertz CT molecular complexity index is 780. The van der Waals surface area contributed by atoms with Crippen molar-refractivity contribution in [3.8, 4) is 5.75 Å². The van der Waals surface area contributed by atoms with Crippen molar-refractivity contribution in [1.82, 2.24) is 4.57 Å². The van der Waals surface area contributed by atoms with Gasteiger partial charge in [-0.1, -0.05) is 18.2 Å². The molecule has 3 rings (SSSR count). The number of hydrogen-bond donors (Lipinski definition) is 1. The van der Waals surface area contributed by atoms with Gasteiger partial charge in [0.25, 0.3) is 0 Å². The highest BCUT2D eigenvalue weighted by molar-refractivity contribution is 9.10. The molecule has 4 heteroatoms. The van der Waals surface area contributed by atoms with Gasteiger partial charge < -0.3 is 14.4 Å². The van der Waals surface area contributed by atoms with Gasteiger partial charge in [0, 0.05) is 18.3 Å². The fourth-order valence-corrected chi connectivity index (χ4v) is 3.06. The molecule has 3 nitrogen and oxygen atoms in total. The van der Waals surface area contributed by atoms with Crippen molar-refractivity contribution in [2.24, 2.45) is 0 Å². The van der Waals surface area contributed by atoms with E-state index in [0.717, 1.165) is 27.8 Å².